The van der Waals surface area contributed by atoms with E-state index in [4.69, 9.17) is 0 Å². The van der Waals surface area contributed by atoms with Crippen LogP contribution in [0, 0.1) is 5.92 Å². The standard InChI is InChI=1S/C16H24N2OS/c1-4-14-17-15(13-8-6-5-7-9-13)16(19)18(14)10-12(2)11-20-3/h5-9,12,14-15,17H,4,10-11H2,1-3H3. The van der Waals surface area contributed by atoms with E-state index >= 15 is 0 Å². The molecule has 3 nitrogen and oxygen atoms in total. The summed E-state index contributed by atoms with van der Waals surface area (Å²) in [5, 5.41) is 3.47. The van der Waals surface area contributed by atoms with Crippen molar-refractivity contribution < 1.29 is 4.79 Å². The maximum atomic E-state index is 12.7. The summed E-state index contributed by atoms with van der Waals surface area (Å²) >= 11 is 1.84. The molecule has 1 aliphatic heterocycles. The summed E-state index contributed by atoms with van der Waals surface area (Å²) in [5.41, 5.74) is 1.07. The van der Waals surface area contributed by atoms with Gasteiger partial charge in [0.25, 0.3) is 0 Å². The van der Waals surface area contributed by atoms with E-state index < -0.39 is 0 Å². The fourth-order valence-corrected chi connectivity index (χ4v) is 3.46. The first kappa shape index (κ1) is 15.4. The minimum atomic E-state index is -0.178. The summed E-state index contributed by atoms with van der Waals surface area (Å²) in [5.74, 6) is 1.84. The zero-order valence-corrected chi connectivity index (χ0v) is 13.3. The maximum absolute atomic E-state index is 12.7. The van der Waals surface area contributed by atoms with Crippen LogP contribution in [0.4, 0.5) is 0 Å². The van der Waals surface area contributed by atoms with Gasteiger partial charge in [0.2, 0.25) is 5.91 Å². The van der Waals surface area contributed by atoms with E-state index in [2.05, 4.69) is 25.4 Å². The second-order valence-electron chi connectivity index (χ2n) is 5.49. The normalized spacial score (nSPS) is 24.1. The van der Waals surface area contributed by atoms with E-state index in [-0.39, 0.29) is 18.1 Å². The average Bonchev–Trinajstić information content (AvgIpc) is 2.77. The van der Waals surface area contributed by atoms with Gasteiger partial charge in [-0.3, -0.25) is 10.1 Å². The molecule has 4 heteroatoms. The van der Waals surface area contributed by atoms with E-state index in [0.29, 0.717) is 5.92 Å². The third kappa shape index (κ3) is 3.36. The van der Waals surface area contributed by atoms with Crippen molar-refractivity contribution in [2.75, 3.05) is 18.6 Å². The fraction of sp³-hybridized carbons (Fsp3) is 0.562. The minimum Gasteiger partial charge on any atom is -0.325 e. The van der Waals surface area contributed by atoms with E-state index in [9.17, 15) is 4.79 Å². The van der Waals surface area contributed by atoms with E-state index in [0.717, 1.165) is 24.3 Å². The molecular formula is C16H24N2OS. The second-order valence-corrected chi connectivity index (χ2v) is 6.40. The molecule has 1 N–H and O–H groups in total. The van der Waals surface area contributed by atoms with E-state index in [1.807, 2.05) is 47.0 Å². The van der Waals surface area contributed by atoms with Crippen molar-refractivity contribution in [1.29, 1.82) is 0 Å². The Morgan fingerprint density at radius 1 is 1.35 bits per heavy atom. The quantitative estimate of drug-likeness (QED) is 0.875. The van der Waals surface area contributed by atoms with Crippen LogP contribution in [0.25, 0.3) is 0 Å². The Labute approximate surface area is 126 Å². The number of nitrogens with zero attached hydrogens (tertiary/aromatic N) is 1. The lowest BCUT2D eigenvalue weighted by Crippen LogP contribution is -2.39. The highest BCUT2D eigenvalue weighted by atomic mass is 32.2. The maximum Gasteiger partial charge on any atom is 0.245 e. The van der Waals surface area contributed by atoms with Crippen LogP contribution in [0.5, 0.6) is 0 Å². The Kier molecular flexibility index (Phi) is 5.49. The van der Waals surface area contributed by atoms with Crippen molar-refractivity contribution >= 4 is 17.7 Å². The predicted molar refractivity (Wildman–Crippen MR) is 85.7 cm³/mol. The van der Waals surface area contributed by atoms with Gasteiger partial charge in [-0.25, -0.2) is 0 Å². The van der Waals surface area contributed by atoms with Crippen molar-refractivity contribution in [2.24, 2.45) is 5.92 Å². The van der Waals surface area contributed by atoms with Crippen LogP contribution in [0.3, 0.4) is 0 Å². The molecule has 1 aromatic carbocycles. The third-order valence-electron chi connectivity index (χ3n) is 3.74. The molecule has 0 aliphatic carbocycles. The number of thioether (sulfide) groups is 1. The molecule has 1 saturated heterocycles. The van der Waals surface area contributed by atoms with Crippen LogP contribution < -0.4 is 5.32 Å². The second kappa shape index (κ2) is 7.14. The van der Waals surface area contributed by atoms with Gasteiger partial charge in [0.15, 0.2) is 0 Å². The largest absolute Gasteiger partial charge is 0.325 e. The molecule has 1 aromatic rings. The van der Waals surface area contributed by atoms with Crippen molar-refractivity contribution in [1.82, 2.24) is 10.2 Å². The highest BCUT2D eigenvalue weighted by Crippen LogP contribution is 2.26. The molecule has 20 heavy (non-hydrogen) atoms. The van der Waals surface area contributed by atoms with Gasteiger partial charge in [-0.15, -0.1) is 0 Å². The summed E-state index contributed by atoms with van der Waals surface area (Å²) in [6, 6.07) is 9.84. The van der Waals surface area contributed by atoms with E-state index in [1.165, 1.54) is 0 Å². The fourth-order valence-electron chi connectivity index (χ4n) is 2.79. The first-order valence-electron chi connectivity index (χ1n) is 7.27. The zero-order chi connectivity index (χ0) is 14.5. The number of benzene rings is 1. The molecular weight excluding hydrogens is 268 g/mol. The molecule has 1 fully saturated rings. The molecule has 1 amide bonds. The molecule has 3 atom stereocenters. The summed E-state index contributed by atoms with van der Waals surface area (Å²) < 4.78 is 0. The average molecular weight is 292 g/mol. The highest BCUT2D eigenvalue weighted by molar-refractivity contribution is 7.98. The third-order valence-corrected chi connectivity index (χ3v) is 4.65. The molecule has 110 valence electrons. The smallest absolute Gasteiger partial charge is 0.245 e. The summed E-state index contributed by atoms with van der Waals surface area (Å²) in [4.78, 5) is 14.7. The number of hydrogen-bond acceptors (Lipinski definition) is 3. The number of hydrogen-bond donors (Lipinski definition) is 1. The van der Waals surface area contributed by atoms with Gasteiger partial charge < -0.3 is 4.90 Å². The molecule has 2 rings (SSSR count). The zero-order valence-electron chi connectivity index (χ0n) is 12.5. The van der Waals surface area contributed by atoms with Crippen molar-refractivity contribution in [3.63, 3.8) is 0 Å². The first-order valence-corrected chi connectivity index (χ1v) is 8.67. The Balaban J connectivity index is 2.11. The molecule has 3 unspecified atom stereocenters. The Morgan fingerprint density at radius 2 is 2.05 bits per heavy atom. The van der Waals surface area contributed by atoms with Crippen LogP contribution in [0.1, 0.15) is 31.9 Å². The van der Waals surface area contributed by atoms with Crippen molar-refractivity contribution in [3.05, 3.63) is 35.9 Å². The molecule has 1 heterocycles. The van der Waals surface area contributed by atoms with Crippen LogP contribution in [-0.2, 0) is 4.79 Å². The minimum absolute atomic E-state index is 0.164. The van der Waals surface area contributed by atoms with Gasteiger partial charge >= 0.3 is 0 Å². The van der Waals surface area contributed by atoms with Gasteiger partial charge in [-0.2, -0.15) is 11.8 Å². The molecule has 0 bridgehead atoms. The van der Waals surface area contributed by atoms with Crippen LogP contribution in [0.2, 0.25) is 0 Å². The monoisotopic (exact) mass is 292 g/mol. The summed E-state index contributed by atoms with van der Waals surface area (Å²) in [6.07, 6.45) is 3.23. The number of nitrogens with one attached hydrogen (secondary N) is 1. The molecule has 0 radical (unpaired) electrons. The Bertz CT molecular complexity index is 437. The van der Waals surface area contributed by atoms with Crippen LogP contribution >= 0.6 is 11.8 Å². The van der Waals surface area contributed by atoms with Gasteiger partial charge in [0.1, 0.15) is 6.04 Å². The van der Waals surface area contributed by atoms with Gasteiger partial charge in [0, 0.05) is 6.54 Å². The van der Waals surface area contributed by atoms with Crippen LogP contribution in [-0.4, -0.2) is 35.5 Å². The van der Waals surface area contributed by atoms with Crippen molar-refractivity contribution in [2.45, 2.75) is 32.5 Å². The molecule has 0 saturated carbocycles. The Hall–Kier alpha value is -1.00. The molecule has 1 aliphatic rings. The molecule has 0 spiro atoms. The lowest BCUT2D eigenvalue weighted by atomic mass is 10.1. The summed E-state index contributed by atoms with van der Waals surface area (Å²) in [6.45, 7) is 5.19. The summed E-state index contributed by atoms with van der Waals surface area (Å²) in [7, 11) is 0. The SMILES string of the molecule is CCC1NC(c2ccccc2)C(=O)N1CC(C)CSC. The number of carbonyl (C=O) groups excluding carboxylic acids is 1. The lowest BCUT2D eigenvalue weighted by molar-refractivity contribution is -0.130. The van der Waals surface area contributed by atoms with Gasteiger partial charge in [-0.1, -0.05) is 44.2 Å². The van der Waals surface area contributed by atoms with E-state index in [1.54, 1.807) is 0 Å². The van der Waals surface area contributed by atoms with Gasteiger partial charge in [0.05, 0.1) is 6.17 Å². The van der Waals surface area contributed by atoms with Gasteiger partial charge in [-0.05, 0) is 29.9 Å². The topological polar surface area (TPSA) is 32.3 Å². The highest BCUT2D eigenvalue weighted by Gasteiger charge is 2.38. The first-order chi connectivity index (χ1) is 9.67. The number of rotatable bonds is 6. The van der Waals surface area contributed by atoms with Crippen LogP contribution in [0.15, 0.2) is 30.3 Å². The van der Waals surface area contributed by atoms with Crippen molar-refractivity contribution in [3.8, 4) is 0 Å². The number of carbonyl (C=O) groups is 1. The Morgan fingerprint density at radius 3 is 2.65 bits per heavy atom. The predicted octanol–water partition coefficient (Wildman–Crippen LogP) is 2.89. The number of amides is 1. The lowest BCUT2D eigenvalue weighted by Gasteiger charge is -2.26. The molecule has 0 aromatic heterocycles.